The van der Waals surface area contributed by atoms with Crippen molar-refractivity contribution in [2.24, 2.45) is 5.92 Å². The highest BCUT2D eigenvalue weighted by Gasteiger charge is 2.20. The zero-order chi connectivity index (χ0) is 20.3. The molecule has 29 heavy (non-hydrogen) atoms. The minimum Gasteiger partial charge on any atom is -0.494 e. The van der Waals surface area contributed by atoms with Crippen LogP contribution in [0.4, 0.5) is 0 Å². The van der Waals surface area contributed by atoms with Crippen molar-refractivity contribution in [2.75, 3.05) is 6.61 Å². The summed E-state index contributed by atoms with van der Waals surface area (Å²) in [6, 6.07) is 8.26. The highest BCUT2D eigenvalue weighted by atomic mass is 16.5. The second kappa shape index (κ2) is 11.9. The Labute approximate surface area is 177 Å². The molecule has 1 heterocycles. The predicted octanol–water partition coefficient (Wildman–Crippen LogP) is 7.18. The third kappa shape index (κ3) is 6.83. The smallest absolute Gasteiger partial charge is 0.159 e. The highest BCUT2D eigenvalue weighted by Crippen LogP contribution is 2.29. The first-order chi connectivity index (χ1) is 14.3. The highest BCUT2D eigenvalue weighted by molar-refractivity contribution is 5.56. The summed E-state index contributed by atoms with van der Waals surface area (Å²) in [5.41, 5.74) is 3.71. The lowest BCUT2D eigenvalue weighted by atomic mass is 9.84. The molecule has 1 aromatic carbocycles. The number of aromatic nitrogens is 2. The maximum atomic E-state index is 5.85. The van der Waals surface area contributed by atoms with Crippen LogP contribution in [-0.4, -0.2) is 16.6 Å². The summed E-state index contributed by atoms with van der Waals surface area (Å²) in [6.45, 7) is 5.31. The lowest BCUT2D eigenvalue weighted by Gasteiger charge is -2.24. The minimum absolute atomic E-state index is 0.800. The van der Waals surface area contributed by atoms with Gasteiger partial charge in [0.1, 0.15) is 5.75 Å². The number of nitrogens with zero attached hydrogens (tertiary/aromatic N) is 2. The van der Waals surface area contributed by atoms with Gasteiger partial charge in [0.25, 0.3) is 0 Å². The molecule has 1 aliphatic carbocycles. The molecule has 0 saturated heterocycles. The fraction of sp³-hybridized carbons (Fsp3) is 0.615. The number of ether oxygens (including phenoxy) is 1. The monoisotopic (exact) mass is 394 g/mol. The van der Waals surface area contributed by atoms with Crippen LogP contribution in [0.3, 0.4) is 0 Å². The first kappa shape index (κ1) is 21.8. The van der Waals surface area contributed by atoms with E-state index in [-0.39, 0.29) is 0 Å². The molecule has 158 valence electrons. The molecule has 2 aromatic rings. The van der Waals surface area contributed by atoms with Gasteiger partial charge in [0.2, 0.25) is 0 Å². The van der Waals surface area contributed by atoms with Crippen LogP contribution >= 0.6 is 0 Å². The van der Waals surface area contributed by atoms with E-state index in [2.05, 4.69) is 37.2 Å². The Bertz CT molecular complexity index is 726. The van der Waals surface area contributed by atoms with Crippen molar-refractivity contribution >= 4 is 0 Å². The Kier molecular flexibility index (Phi) is 8.98. The molecule has 3 nitrogen and oxygen atoms in total. The normalized spacial score (nSPS) is 15.9. The standard InChI is InChI=1S/C26H38N2O/c1-3-5-7-9-11-21-12-17-25-23(19-21)20-27-26(28-25)22-13-15-24(16-14-22)29-18-10-8-6-4-2/h13-16,20-21H,3-12,17-19H2,1-2H3. The van der Waals surface area contributed by atoms with Gasteiger partial charge in [-0.05, 0) is 61.4 Å². The van der Waals surface area contributed by atoms with E-state index in [4.69, 9.17) is 9.72 Å². The topological polar surface area (TPSA) is 35.0 Å². The lowest BCUT2D eigenvalue weighted by molar-refractivity contribution is 0.305. The summed E-state index contributed by atoms with van der Waals surface area (Å²) < 4.78 is 5.85. The molecular formula is C26H38N2O. The van der Waals surface area contributed by atoms with Gasteiger partial charge in [-0.15, -0.1) is 0 Å². The zero-order valence-electron chi connectivity index (χ0n) is 18.5. The zero-order valence-corrected chi connectivity index (χ0v) is 18.5. The van der Waals surface area contributed by atoms with Gasteiger partial charge in [-0.3, -0.25) is 0 Å². The Morgan fingerprint density at radius 2 is 1.69 bits per heavy atom. The lowest BCUT2D eigenvalue weighted by Crippen LogP contribution is -2.16. The fourth-order valence-electron chi connectivity index (χ4n) is 4.25. The molecular weight excluding hydrogens is 356 g/mol. The summed E-state index contributed by atoms with van der Waals surface area (Å²) >= 11 is 0. The largest absolute Gasteiger partial charge is 0.494 e. The van der Waals surface area contributed by atoms with Crippen LogP contribution in [0.2, 0.25) is 0 Å². The number of unbranched alkanes of at least 4 members (excludes halogenated alkanes) is 6. The summed E-state index contributed by atoms with van der Waals surface area (Å²) in [6.07, 6.45) is 17.3. The molecule has 0 amide bonds. The van der Waals surface area contributed by atoms with Gasteiger partial charge in [0.05, 0.1) is 6.61 Å². The van der Waals surface area contributed by atoms with Crippen LogP contribution in [0.5, 0.6) is 5.75 Å². The van der Waals surface area contributed by atoms with E-state index in [0.29, 0.717) is 0 Å². The van der Waals surface area contributed by atoms with Crippen molar-refractivity contribution in [2.45, 2.75) is 90.9 Å². The van der Waals surface area contributed by atoms with E-state index >= 15 is 0 Å². The van der Waals surface area contributed by atoms with Gasteiger partial charge >= 0.3 is 0 Å². The summed E-state index contributed by atoms with van der Waals surface area (Å²) in [7, 11) is 0. The van der Waals surface area contributed by atoms with Crippen LogP contribution < -0.4 is 4.74 Å². The van der Waals surface area contributed by atoms with Gasteiger partial charge in [-0.2, -0.15) is 0 Å². The number of aryl methyl sites for hydroxylation is 1. The summed E-state index contributed by atoms with van der Waals surface area (Å²) in [4.78, 5) is 9.58. The Balaban J connectivity index is 1.52. The van der Waals surface area contributed by atoms with Crippen molar-refractivity contribution in [1.82, 2.24) is 9.97 Å². The Morgan fingerprint density at radius 1 is 0.931 bits per heavy atom. The first-order valence-electron chi connectivity index (χ1n) is 11.9. The van der Waals surface area contributed by atoms with Crippen LogP contribution in [0.1, 0.15) is 89.3 Å². The molecule has 0 bridgehead atoms. The molecule has 0 spiro atoms. The second-order valence-corrected chi connectivity index (χ2v) is 8.56. The van der Waals surface area contributed by atoms with Crippen molar-refractivity contribution in [1.29, 1.82) is 0 Å². The third-order valence-electron chi connectivity index (χ3n) is 6.10. The number of hydrogen-bond acceptors (Lipinski definition) is 3. The molecule has 1 atom stereocenters. The van der Waals surface area contributed by atoms with Crippen molar-refractivity contribution in [3.63, 3.8) is 0 Å². The maximum Gasteiger partial charge on any atom is 0.159 e. The average Bonchev–Trinajstić information content (AvgIpc) is 2.76. The molecule has 1 aliphatic rings. The molecule has 0 N–H and O–H groups in total. The molecule has 3 rings (SSSR count). The van der Waals surface area contributed by atoms with E-state index in [1.165, 1.54) is 69.0 Å². The fourth-order valence-corrected chi connectivity index (χ4v) is 4.25. The molecule has 1 unspecified atom stereocenters. The molecule has 0 radical (unpaired) electrons. The van der Waals surface area contributed by atoms with Crippen molar-refractivity contribution in [3.8, 4) is 17.1 Å². The summed E-state index contributed by atoms with van der Waals surface area (Å²) in [5, 5.41) is 0. The Morgan fingerprint density at radius 3 is 2.45 bits per heavy atom. The average molecular weight is 395 g/mol. The van der Waals surface area contributed by atoms with Gasteiger partial charge in [0.15, 0.2) is 5.82 Å². The second-order valence-electron chi connectivity index (χ2n) is 8.56. The maximum absolute atomic E-state index is 5.85. The van der Waals surface area contributed by atoms with Crippen molar-refractivity contribution < 1.29 is 4.74 Å². The first-order valence-corrected chi connectivity index (χ1v) is 11.9. The van der Waals surface area contributed by atoms with Crippen LogP contribution in [0, 0.1) is 5.92 Å². The number of hydrogen-bond donors (Lipinski definition) is 0. The number of fused-ring (bicyclic) bond motifs is 1. The predicted molar refractivity (Wildman–Crippen MR) is 121 cm³/mol. The van der Waals surface area contributed by atoms with Crippen molar-refractivity contribution in [3.05, 3.63) is 41.7 Å². The number of benzene rings is 1. The van der Waals surface area contributed by atoms with E-state index in [0.717, 1.165) is 48.9 Å². The third-order valence-corrected chi connectivity index (χ3v) is 6.10. The summed E-state index contributed by atoms with van der Waals surface area (Å²) in [5.74, 6) is 2.61. The van der Waals surface area contributed by atoms with Crippen LogP contribution in [0.15, 0.2) is 30.5 Å². The van der Waals surface area contributed by atoms with E-state index in [1.54, 1.807) is 0 Å². The van der Waals surface area contributed by atoms with E-state index in [9.17, 15) is 0 Å². The van der Waals surface area contributed by atoms with E-state index in [1.807, 2.05) is 12.1 Å². The number of rotatable bonds is 12. The van der Waals surface area contributed by atoms with Gasteiger partial charge in [0, 0.05) is 17.5 Å². The molecule has 0 aliphatic heterocycles. The molecule has 0 saturated carbocycles. The SMILES string of the molecule is CCCCCCOc1ccc(-c2ncc3c(n2)CCC(CCCCCC)C3)cc1. The molecule has 3 heteroatoms. The molecule has 1 aromatic heterocycles. The van der Waals surface area contributed by atoms with Gasteiger partial charge in [-0.1, -0.05) is 65.2 Å². The van der Waals surface area contributed by atoms with Gasteiger partial charge in [-0.25, -0.2) is 9.97 Å². The quantitative estimate of drug-likeness (QED) is 0.358. The van der Waals surface area contributed by atoms with Gasteiger partial charge < -0.3 is 4.74 Å². The minimum atomic E-state index is 0.800. The van der Waals surface area contributed by atoms with Crippen LogP contribution in [-0.2, 0) is 12.8 Å². The Hall–Kier alpha value is -1.90. The van der Waals surface area contributed by atoms with E-state index < -0.39 is 0 Å². The molecule has 0 fully saturated rings. The van der Waals surface area contributed by atoms with Crippen LogP contribution in [0.25, 0.3) is 11.4 Å².